The van der Waals surface area contributed by atoms with Gasteiger partial charge in [0.2, 0.25) is 5.95 Å². The molecule has 0 fully saturated rings. The number of aryl methyl sites for hydroxylation is 1. The van der Waals surface area contributed by atoms with E-state index < -0.39 is 23.9 Å². The summed E-state index contributed by atoms with van der Waals surface area (Å²) >= 11 is 0. The summed E-state index contributed by atoms with van der Waals surface area (Å²) in [4.78, 5) is 51.7. The van der Waals surface area contributed by atoms with Crippen LogP contribution in [0.2, 0.25) is 0 Å². The predicted octanol–water partition coefficient (Wildman–Crippen LogP) is 1.33. The lowest BCUT2D eigenvalue weighted by molar-refractivity contribution is -0.140. The molecule has 13 heteroatoms. The molecule has 1 atom stereocenters. The number of fused-ring (bicyclic) bond motifs is 2. The summed E-state index contributed by atoms with van der Waals surface area (Å²) in [6.07, 6.45) is 3.40. The second-order valence-electron chi connectivity index (χ2n) is 8.33. The van der Waals surface area contributed by atoms with E-state index in [0.717, 1.165) is 16.5 Å². The molecule has 7 N–H and O–H groups in total. The van der Waals surface area contributed by atoms with Crippen LogP contribution in [0, 0.1) is 6.92 Å². The number of aromatic nitrogens is 5. The van der Waals surface area contributed by atoms with Crippen molar-refractivity contribution in [2.24, 2.45) is 0 Å². The van der Waals surface area contributed by atoms with Gasteiger partial charge in [-0.25, -0.2) is 14.8 Å². The number of nitrogens with two attached hydrogens (primary N) is 2. The minimum absolute atomic E-state index is 0.0138. The molecule has 0 saturated carbocycles. The molecule has 3 aromatic heterocycles. The zero-order chi connectivity index (χ0) is 26.0. The fraction of sp³-hybridized carbons (Fsp3) is 0.261. The van der Waals surface area contributed by atoms with E-state index in [0.29, 0.717) is 29.0 Å². The maximum atomic E-state index is 12.8. The van der Waals surface area contributed by atoms with E-state index in [9.17, 15) is 19.5 Å². The van der Waals surface area contributed by atoms with Gasteiger partial charge in [-0.3, -0.25) is 9.59 Å². The summed E-state index contributed by atoms with van der Waals surface area (Å²) < 4.78 is 1.95. The first-order chi connectivity index (χ1) is 17.1. The zero-order valence-corrected chi connectivity index (χ0v) is 19.3. The third-order valence-corrected chi connectivity index (χ3v) is 5.63. The van der Waals surface area contributed by atoms with E-state index in [1.807, 2.05) is 23.8 Å². The smallest absolute Gasteiger partial charge is 0.326 e. The molecule has 0 aliphatic carbocycles. The van der Waals surface area contributed by atoms with Crippen LogP contribution in [0.15, 0.2) is 30.6 Å². The number of anilines is 2. The number of nitrogens with one attached hydrogen (secondary N) is 1. The third-order valence-electron chi connectivity index (χ3n) is 5.63. The van der Waals surface area contributed by atoms with Crippen molar-refractivity contribution in [2.45, 2.75) is 38.8 Å². The topological polar surface area (TPSA) is 212 Å². The highest BCUT2D eigenvalue weighted by Crippen LogP contribution is 2.24. The summed E-state index contributed by atoms with van der Waals surface area (Å²) in [5, 5.41) is 21.4. The molecule has 0 aliphatic heterocycles. The van der Waals surface area contributed by atoms with Gasteiger partial charge in [0, 0.05) is 23.6 Å². The monoisotopic (exact) mass is 492 g/mol. The molecule has 4 rings (SSSR count). The number of carbonyl (C=O) groups excluding carboxylic acids is 1. The molecule has 0 saturated heterocycles. The van der Waals surface area contributed by atoms with Crippen LogP contribution in [0.1, 0.15) is 40.9 Å². The van der Waals surface area contributed by atoms with Gasteiger partial charge in [0.25, 0.3) is 5.91 Å². The molecule has 0 spiro atoms. The number of rotatable bonds is 9. The molecule has 0 aliphatic rings. The minimum atomic E-state index is -1.22. The Kier molecular flexibility index (Phi) is 6.63. The van der Waals surface area contributed by atoms with Gasteiger partial charge < -0.3 is 31.6 Å². The van der Waals surface area contributed by atoms with Crippen LogP contribution in [0.3, 0.4) is 0 Å². The van der Waals surface area contributed by atoms with Crippen molar-refractivity contribution in [3.05, 3.63) is 47.4 Å². The fourth-order valence-electron chi connectivity index (χ4n) is 4.02. The number of benzene rings is 1. The number of amides is 1. The Hall–Kier alpha value is -4.81. The summed E-state index contributed by atoms with van der Waals surface area (Å²) in [6.45, 7) is 2.21. The Bertz CT molecular complexity index is 1500. The number of nitrogen functional groups attached to an aromatic ring is 2. The molecule has 1 unspecified atom stereocenters. The molecule has 1 amide bonds. The molecule has 36 heavy (non-hydrogen) atoms. The SMILES string of the molecule is Cc1cc(C(=O)NC(CCCC(=O)O)C(=O)O)cc2ccn(Cc3cnc4nc(N)nc(N)c4n3)c12. The first kappa shape index (κ1) is 24.3. The highest BCUT2D eigenvalue weighted by Gasteiger charge is 2.22. The average molecular weight is 492 g/mol. The van der Waals surface area contributed by atoms with E-state index in [-0.39, 0.29) is 31.0 Å². The fourth-order valence-corrected chi connectivity index (χ4v) is 4.02. The van der Waals surface area contributed by atoms with Gasteiger partial charge in [0.05, 0.1) is 24.0 Å². The molecule has 1 aromatic carbocycles. The normalized spacial score (nSPS) is 12.0. The maximum Gasteiger partial charge on any atom is 0.326 e. The van der Waals surface area contributed by atoms with Crippen molar-refractivity contribution in [3.63, 3.8) is 0 Å². The molecule has 0 bridgehead atoms. The lowest BCUT2D eigenvalue weighted by Gasteiger charge is -2.15. The Labute approximate surface area is 204 Å². The quantitative estimate of drug-likeness (QED) is 0.225. The van der Waals surface area contributed by atoms with Gasteiger partial charge in [0.15, 0.2) is 17.0 Å². The number of hydrogen-bond acceptors (Lipinski definition) is 9. The van der Waals surface area contributed by atoms with E-state index in [4.69, 9.17) is 16.6 Å². The van der Waals surface area contributed by atoms with Crippen LogP contribution in [0.25, 0.3) is 22.1 Å². The molecule has 186 valence electrons. The van der Waals surface area contributed by atoms with E-state index in [1.165, 1.54) is 0 Å². The Morgan fingerprint density at radius 1 is 1.14 bits per heavy atom. The van der Waals surface area contributed by atoms with Gasteiger partial charge in [0.1, 0.15) is 6.04 Å². The molecular formula is C23H24N8O5. The standard InChI is InChI=1S/C23H24N8O5/c1-11-7-13(21(34)28-15(22(35)36)3-2-4-16(32)33)8-12-5-6-31(18(11)12)10-14-9-26-20-17(27-14)19(24)29-23(25)30-20/h5-9,15H,2-4,10H2,1H3,(H,28,34)(H,32,33)(H,35,36)(H4,24,25,26,29,30). The highest BCUT2D eigenvalue weighted by atomic mass is 16.4. The van der Waals surface area contributed by atoms with Crippen LogP contribution in [-0.4, -0.2) is 58.6 Å². The first-order valence-electron chi connectivity index (χ1n) is 11.0. The number of nitrogens with zero attached hydrogens (tertiary/aromatic N) is 5. The zero-order valence-electron chi connectivity index (χ0n) is 19.3. The number of carboxylic acid groups (broad SMARTS) is 2. The maximum absolute atomic E-state index is 12.8. The molecular weight excluding hydrogens is 468 g/mol. The van der Waals surface area contributed by atoms with Crippen molar-refractivity contribution >= 4 is 51.7 Å². The minimum Gasteiger partial charge on any atom is -0.481 e. The first-order valence-corrected chi connectivity index (χ1v) is 11.0. The van der Waals surface area contributed by atoms with Gasteiger partial charge >= 0.3 is 11.9 Å². The van der Waals surface area contributed by atoms with Crippen molar-refractivity contribution < 1.29 is 24.6 Å². The molecule has 3 heterocycles. The number of hydrogen-bond donors (Lipinski definition) is 5. The Morgan fingerprint density at radius 3 is 2.64 bits per heavy atom. The van der Waals surface area contributed by atoms with Crippen LogP contribution >= 0.6 is 0 Å². The van der Waals surface area contributed by atoms with Gasteiger partial charge in [-0.1, -0.05) is 0 Å². The molecule has 4 aromatic rings. The molecule has 0 radical (unpaired) electrons. The second kappa shape index (κ2) is 9.82. The summed E-state index contributed by atoms with van der Waals surface area (Å²) in [7, 11) is 0. The van der Waals surface area contributed by atoms with Crippen molar-refractivity contribution in [1.29, 1.82) is 0 Å². The summed E-state index contributed by atoms with van der Waals surface area (Å²) in [6, 6.07) is 4.00. The van der Waals surface area contributed by atoms with Crippen LogP contribution < -0.4 is 16.8 Å². The number of carbonyl (C=O) groups is 3. The van der Waals surface area contributed by atoms with Gasteiger partial charge in [-0.15, -0.1) is 0 Å². The van der Waals surface area contributed by atoms with Crippen molar-refractivity contribution in [3.8, 4) is 0 Å². The Balaban J connectivity index is 1.56. The Morgan fingerprint density at radius 2 is 1.92 bits per heavy atom. The third kappa shape index (κ3) is 5.14. The van der Waals surface area contributed by atoms with E-state index in [2.05, 4.69) is 25.3 Å². The van der Waals surface area contributed by atoms with Gasteiger partial charge in [-0.2, -0.15) is 9.97 Å². The van der Waals surface area contributed by atoms with Crippen LogP contribution in [0.4, 0.5) is 11.8 Å². The largest absolute Gasteiger partial charge is 0.481 e. The number of carboxylic acids is 2. The predicted molar refractivity (Wildman–Crippen MR) is 130 cm³/mol. The van der Waals surface area contributed by atoms with Crippen molar-refractivity contribution in [1.82, 2.24) is 29.8 Å². The number of aliphatic carboxylic acids is 2. The average Bonchev–Trinajstić information content (AvgIpc) is 3.21. The van der Waals surface area contributed by atoms with Crippen LogP contribution in [0.5, 0.6) is 0 Å². The lowest BCUT2D eigenvalue weighted by Crippen LogP contribution is -2.40. The molecule has 13 nitrogen and oxygen atoms in total. The second-order valence-corrected chi connectivity index (χ2v) is 8.33. The summed E-state index contributed by atoms with van der Waals surface area (Å²) in [5.74, 6) is -2.64. The lowest BCUT2D eigenvalue weighted by atomic mass is 10.1. The van der Waals surface area contributed by atoms with Crippen LogP contribution in [-0.2, 0) is 16.1 Å². The van der Waals surface area contributed by atoms with Crippen molar-refractivity contribution in [2.75, 3.05) is 11.5 Å². The summed E-state index contributed by atoms with van der Waals surface area (Å²) in [5.41, 5.74) is 14.8. The van der Waals surface area contributed by atoms with E-state index in [1.54, 1.807) is 18.3 Å². The highest BCUT2D eigenvalue weighted by molar-refractivity contribution is 6.00. The van der Waals surface area contributed by atoms with Gasteiger partial charge in [-0.05, 0) is 43.5 Å². The van der Waals surface area contributed by atoms with E-state index >= 15 is 0 Å².